The molecule has 2 rings (SSSR count). The van der Waals surface area contributed by atoms with E-state index in [0.717, 1.165) is 25.1 Å². The Labute approximate surface area is 119 Å². The molecule has 0 aromatic rings. The molecule has 1 N–H and O–H groups in total. The van der Waals surface area contributed by atoms with E-state index in [0.29, 0.717) is 12.1 Å². The lowest BCUT2D eigenvalue weighted by atomic mass is 9.95. The van der Waals surface area contributed by atoms with Gasteiger partial charge in [0, 0.05) is 31.8 Å². The van der Waals surface area contributed by atoms with Gasteiger partial charge in [-0.2, -0.15) is 0 Å². The molecule has 2 atom stereocenters. The topological polar surface area (TPSA) is 24.5 Å². The maximum atomic E-state index is 5.48. The Morgan fingerprint density at radius 3 is 2.53 bits per heavy atom. The predicted octanol–water partition coefficient (Wildman–Crippen LogP) is 2.65. The number of likely N-dealkylation sites (tertiary alicyclic amines) is 1. The van der Waals surface area contributed by atoms with Crippen LogP contribution in [0.15, 0.2) is 0 Å². The summed E-state index contributed by atoms with van der Waals surface area (Å²) >= 11 is 0. The number of hydrogen-bond acceptors (Lipinski definition) is 3. The third kappa shape index (κ3) is 4.17. The highest BCUT2D eigenvalue weighted by molar-refractivity contribution is 4.91. The molecule has 3 nitrogen and oxygen atoms in total. The highest BCUT2D eigenvalue weighted by atomic mass is 16.5. The third-order valence-electron chi connectivity index (χ3n) is 4.88. The van der Waals surface area contributed by atoms with Gasteiger partial charge in [-0.05, 0) is 38.1 Å². The summed E-state index contributed by atoms with van der Waals surface area (Å²) in [6.45, 7) is 7.65. The maximum absolute atomic E-state index is 5.48. The monoisotopic (exact) mass is 268 g/mol. The Morgan fingerprint density at radius 2 is 1.89 bits per heavy atom. The molecule has 2 aliphatic rings. The van der Waals surface area contributed by atoms with Crippen LogP contribution in [-0.2, 0) is 4.74 Å². The highest BCUT2D eigenvalue weighted by Crippen LogP contribution is 2.36. The summed E-state index contributed by atoms with van der Waals surface area (Å²) in [5.41, 5.74) is 0. The molecule has 1 heterocycles. The van der Waals surface area contributed by atoms with Gasteiger partial charge in [-0.3, -0.25) is 4.90 Å². The largest absolute Gasteiger partial charge is 0.383 e. The zero-order valence-corrected chi connectivity index (χ0v) is 13.0. The molecule has 1 saturated carbocycles. The summed E-state index contributed by atoms with van der Waals surface area (Å²) in [6.07, 6.45) is 8.61. The van der Waals surface area contributed by atoms with Crippen molar-refractivity contribution in [3.8, 4) is 0 Å². The van der Waals surface area contributed by atoms with Crippen LogP contribution in [0.1, 0.15) is 52.4 Å². The van der Waals surface area contributed by atoms with Crippen LogP contribution in [0.5, 0.6) is 0 Å². The van der Waals surface area contributed by atoms with E-state index in [1.807, 2.05) is 7.11 Å². The quantitative estimate of drug-likeness (QED) is 0.768. The van der Waals surface area contributed by atoms with Crippen molar-refractivity contribution in [3.05, 3.63) is 0 Å². The fourth-order valence-electron chi connectivity index (χ4n) is 3.95. The first kappa shape index (κ1) is 15.3. The van der Waals surface area contributed by atoms with Gasteiger partial charge in [-0.25, -0.2) is 0 Å². The van der Waals surface area contributed by atoms with Crippen molar-refractivity contribution < 1.29 is 4.74 Å². The molecule has 1 saturated heterocycles. The second-order valence-corrected chi connectivity index (χ2v) is 6.66. The Bertz CT molecular complexity index is 251. The molecule has 112 valence electrons. The smallest absolute Gasteiger partial charge is 0.0630 e. The number of hydrogen-bond donors (Lipinski definition) is 1. The van der Waals surface area contributed by atoms with Gasteiger partial charge in [0.05, 0.1) is 6.61 Å². The van der Waals surface area contributed by atoms with E-state index in [1.165, 1.54) is 45.1 Å². The van der Waals surface area contributed by atoms with Gasteiger partial charge < -0.3 is 10.1 Å². The van der Waals surface area contributed by atoms with Crippen molar-refractivity contribution in [2.75, 3.05) is 26.8 Å². The van der Waals surface area contributed by atoms with E-state index < -0.39 is 0 Å². The van der Waals surface area contributed by atoms with Gasteiger partial charge in [0.1, 0.15) is 0 Å². The predicted molar refractivity (Wildman–Crippen MR) is 80.5 cm³/mol. The van der Waals surface area contributed by atoms with E-state index in [-0.39, 0.29) is 0 Å². The molecule has 0 bridgehead atoms. The second kappa shape index (κ2) is 7.61. The average Bonchev–Trinajstić information content (AvgIpc) is 3.03. The first-order valence-corrected chi connectivity index (χ1v) is 8.20. The second-order valence-electron chi connectivity index (χ2n) is 6.66. The molecular formula is C16H32N2O. The van der Waals surface area contributed by atoms with E-state index >= 15 is 0 Å². The fraction of sp³-hybridized carbons (Fsp3) is 1.00. The third-order valence-corrected chi connectivity index (χ3v) is 4.88. The summed E-state index contributed by atoms with van der Waals surface area (Å²) in [6, 6.07) is 1.95. The SMILES string of the molecule is COCC(CNC(C)C)N1CCCC1C1CCCC1. The van der Waals surface area contributed by atoms with Crippen LogP contribution < -0.4 is 5.32 Å². The summed E-state index contributed by atoms with van der Waals surface area (Å²) in [5, 5.41) is 3.60. The van der Waals surface area contributed by atoms with E-state index in [4.69, 9.17) is 4.74 Å². The molecule has 0 aromatic heterocycles. The molecule has 19 heavy (non-hydrogen) atoms. The first-order valence-electron chi connectivity index (χ1n) is 8.20. The van der Waals surface area contributed by atoms with Crippen LogP contribution in [0.4, 0.5) is 0 Å². The molecule has 0 aromatic carbocycles. The van der Waals surface area contributed by atoms with Crippen LogP contribution in [0.3, 0.4) is 0 Å². The normalized spacial score (nSPS) is 27.5. The minimum absolute atomic E-state index is 0.556. The van der Waals surface area contributed by atoms with Gasteiger partial charge in [-0.1, -0.05) is 26.7 Å². The van der Waals surface area contributed by atoms with Crippen molar-refractivity contribution in [1.82, 2.24) is 10.2 Å². The lowest BCUT2D eigenvalue weighted by molar-refractivity contribution is 0.0629. The molecule has 0 radical (unpaired) electrons. The summed E-state index contributed by atoms with van der Waals surface area (Å²) in [5.74, 6) is 0.959. The minimum atomic E-state index is 0.556. The highest BCUT2D eigenvalue weighted by Gasteiger charge is 2.36. The number of nitrogens with one attached hydrogen (secondary N) is 1. The molecular weight excluding hydrogens is 236 g/mol. The Kier molecular flexibility index (Phi) is 6.11. The minimum Gasteiger partial charge on any atom is -0.383 e. The number of methoxy groups -OCH3 is 1. The molecule has 2 fully saturated rings. The Morgan fingerprint density at radius 1 is 1.16 bits per heavy atom. The maximum Gasteiger partial charge on any atom is 0.0630 e. The Balaban J connectivity index is 1.93. The number of ether oxygens (including phenoxy) is 1. The standard InChI is InChI=1S/C16H32N2O/c1-13(2)17-11-15(12-19-3)18-10-6-9-16(18)14-7-4-5-8-14/h13-17H,4-12H2,1-3H3. The van der Waals surface area contributed by atoms with Crippen molar-refractivity contribution in [3.63, 3.8) is 0 Å². The molecule has 0 spiro atoms. The lowest BCUT2D eigenvalue weighted by Gasteiger charge is -2.36. The zero-order valence-electron chi connectivity index (χ0n) is 13.0. The van der Waals surface area contributed by atoms with Crippen molar-refractivity contribution in [2.45, 2.75) is 70.5 Å². The fourth-order valence-corrected chi connectivity index (χ4v) is 3.95. The lowest BCUT2D eigenvalue weighted by Crippen LogP contribution is -2.50. The first-order chi connectivity index (χ1) is 9.22. The molecule has 0 amide bonds. The van der Waals surface area contributed by atoms with Crippen molar-refractivity contribution >= 4 is 0 Å². The van der Waals surface area contributed by atoms with Crippen LogP contribution in [0, 0.1) is 5.92 Å². The van der Waals surface area contributed by atoms with E-state index in [9.17, 15) is 0 Å². The van der Waals surface area contributed by atoms with Gasteiger partial charge in [-0.15, -0.1) is 0 Å². The molecule has 3 heteroatoms. The molecule has 1 aliphatic carbocycles. The van der Waals surface area contributed by atoms with Gasteiger partial charge in [0.15, 0.2) is 0 Å². The Hall–Kier alpha value is -0.120. The van der Waals surface area contributed by atoms with Crippen LogP contribution >= 0.6 is 0 Å². The van der Waals surface area contributed by atoms with Gasteiger partial charge in [0.2, 0.25) is 0 Å². The van der Waals surface area contributed by atoms with Crippen molar-refractivity contribution in [1.29, 1.82) is 0 Å². The summed E-state index contributed by atoms with van der Waals surface area (Å²) in [4.78, 5) is 2.76. The van der Waals surface area contributed by atoms with Gasteiger partial charge >= 0.3 is 0 Å². The average molecular weight is 268 g/mol. The number of nitrogens with zero attached hydrogens (tertiary/aromatic N) is 1. The zero-order chi connectivity index (χ0) is 13.7. The van der Waals surface area contributed by atoms with Crippen LogP contribution in [0.2, 0.25) is 0 Å². The summed E-state index contributed by atoms with van der Waals surface area (Å²) in [7, 11) is 1.84. The molecule has 2 unspecified atom stereocenters. The van der Waals surface area contributed by atoms with Crippen molar-refractivity contribution in [2.24, 2.45) is 5.92 Å². The summed E-state index contributed by atoms with van der Waals surface area (Å²) < 4.78 is 5.48. The van der Waals surface area contributed by atoms with Crippen LogP contribution in [0.25, 0.3) is 0 Å². The number of rotatable bonds is 7. The molecule has 1 aliphatic heterocycles. The van der Waals surface area contributed by atoms with Gasteiger partial charge in [0.25, 0.3) is 0 Å². The van der Waals surface area contributed by atoms with Crippen LogP contribution in [-0.4, -0.2) is 49.8 Å². The van der Waals surface area contributed by atoms with E-state index in [2.05, 4.69) is 24.1 Å². The van der Waals surface area contributed by atoms with E-state index in [1.54, 1.807) is 0 Å².